The predicted molar refractivity (Wildman–Crippen MR) is 101 cm³/mol. The van der Waals surface area contributed by atoms with Crippen LogP contribution in [0, 0.1) is 6.92 Å². The van der Waals surface area contributed by atoms with Crippen LogP contribution in [0.1, 0.15) is 16.1 Å². The number of hydrogen-bond acceptors (Lipinski definition) is 3. The van der Waals surface area contributed by atoms with Crippen molar-refractivity contribution < 1.29 is 4.79 Å². The number of pyridine rings is 1. The zero-order valence-corrected chi connectivity index (χ0v) is 14.7. The molecule has 0 saturated carbocycles. The number of aromatic nitrogens is 1. The van der Waals surface area contributed by atoms with E-state index in [2.05, 4.69) is 31.5 Å². The van der Waals surface area contributed by atoms with Crippen LogP contribution in [0.3, 0.4) is 0 Å². The van der Waals surface area contributed by atoms with Gasteiger partial charge in [-0.05, 0) is 55.0 Å². The molecule has 2 N–H and O–H groups in total. The first kappa shape index (κ1) is 16.2. The fourth-order valence-corrected chi connectivity index (χ4v) is 2.68. The first-order valence-corrected chi connectivity index (χ1v) is 8.26. The molecule has 24 heavy (non-hydrogen) atoms. The number of halogens is 1. The number of carbonyl (C=O) groups excluding carboxylic acids is 1. The maximum atomic E-state index is 12.4. The van der Waals surface area contributed by atoms with E-state index < -0.39 is 0 Å². The fraction of sp³-hybridized carbons (Fsp3) is 0.0526. The number of nitrogens with zero attached hydrogens (tertiary/aromatic N) is 1. The number of rotatable bonds is 4. The largest absolute Gasteiger partial charge is 0.355 e. The van der Waals surface area contributed by atoms with Gasteiger partial charge in [-0.3, -0.25) is 9.78 Å². The Bertz CT molecular complexity index is 880. The van der Waals surface area contributed by atoms with Gasteiger partial charge in [0.25, 0.3) is 5.91 Å². The molecule has 1 amide bonds. The predicted octanol–water partition coefficient (Wildman–Crippen LogP) is 5.15. The van der Waals surface area contributed by atoms with Crippen LogP contribution in [0.4, 0.5) is 17.1 Å². The van der Waals surface area contributed by atoms with E-state index in [-0.39, 0.29) is 5.91 Å². The number of carbonyl (C=O) groups is 1. The molecule has 3 rings (SSSR count). The van der Waals surface area contributed by atoms with Crippen molar-refractivity contribution in [1.29, 1.82) is 0 Å². The molecule has 0 saturated heterocycles. The molecular formula is C19H16BrN3O. The van der Waals surface area contributed by atoms with Gasteiger partial charge in [0.05, 0.1) is 0 Å². The number of nitrogens with one attached hydrogen (secondary N) is 2. The van der Waals surface area contributed by atoms with E-state index >= 15 is 0 Å². The van der Waals surface area contributed by atoms with Crippen LogP contribution in [0.15, 0.2) is 71.3 Å². The summed E-state index contributed by atoms with van der Waals surface area (Å²) in [4.78, 5) is 16.5. The van der Waals surface area contributed by atoms with Crippen molar-refractivity contribution in [1.82, 2.24) is 4.98 Å². The van der Waals surface area contributed by atoms with Crippen molar-refractivity contribution in [3.8, 4) is 0 Å². The van der Waals surface area contributed by atoms with E-state index in [0.717, 1.165) is 15.8 Å². The maximum absolute atomic E-state index is 12.4. The molecular weight excluding hydrogens is 366 g/mol. The lowest BCUT2D eigenvalue weighted by Crippen LogP contribution is -2.13. The highest BCUT2D eigenvalue weighted by atomic mass is 79.9. The minimum atomic E-state index is -0.249. The summed E-state index contributed by atoms with van der Waals surface area (Å²) in [5, 5.41) is 6.13. The van der Waals surface area contributed by atoms with Crippen molar-refractivity contribution in [2.24, 2.45) is 0 Å². The summed E-state index contributed by atoms with van der Waals surface area (Å²) in [6.07, 6.45) is 1.62. The van der Waals surface area contributed by atoms with Gasteiger partial charge in [-0.1, -0.05) is 34.1 Å². The average molecular weight is 382 g/mol. The van der Waals surface area contributed by atoms with Gasteiger partial charge >= 0.3 is 0 Å². The first-order valence-electron chi connectivity index (χ1n) is 7.47. The molecule has 120 valence electrons. The highest BCUT2D eigenvalue weighted by Gasteiger charge is 2.09. The lowest BCUT2D eigenvalue weighted by Gasteiger charge is -2.09. The summed E-state index contributed by atoms with van der Waals surface area (Å²) >= 11 is 3.39. The second-order valence-electron chi connectivity index (χ2n) is 5.39. The lowest BCUT2D eigenvalue weighted by molar-refractivity contribution is 0.102. The van der Waals surface area contributed by atoms with Crippen LogP contribution in [0.5, 0.6) is 0 Å². The second kappa shape index (κ2) is 7.27. The van der Waals surface area contributed by atoms with E-state index in [1.807, 2.05) is 61.5 Å². The van der Waals surface area contributed by atoms with Crippen molar-refractivity contribution in [2.45, 2.75) is 6.92 Å². The Morgan fingerprint density at radius 3 is 2.50 bits per heavy atom. The maximum Gasteiger partial charge on any atom is 0.274 e. The summed E-state index contributed by atoms with van der Waals surface area (Å²) in [7, 11) is 0. The molecule has 0 spiro atoms. The first-order chi connectivity index (χ1) is 11.6. The monoisotopic (exact) mass is 381 g/mol. The van der Waals surface area contributed by atoms with E-state index in [1.165, 1.54) is 5.56 Å². The third kappa shape index (κ3) is 4.20. The lowest BCUT2D eigenvalue weighted by atomic mass is 10.2. The zero-order chi connectivity index (χ0) is 16.9. The van der Waals surface area contributed by atoms with Gasteiger partial charge < -0.3 is 10.6 Å². The van der Waals surface area contributed by atoms with Gasteiger partial charge in [0.15, 0.2) is 0 Å². The van der Waals surface area contributed by atoms with Crippen molar-refractivity contribution >= 4 is 38.9 Å². The minimum absolute atomic E-state index is 0.249. The molecule has 1 heterocycles. The van der Waals surface area contributed by atoms with Crippen LogP contribution in [0.2, 0.25) is 0 Å². The van der Waals surface area contributed by atoms with Crippen LogP contribution >= 0.6 is 15.9 Å². The highest BCUT2D eigenvalue weighted by Crippen LogP contribution is 2.19. The second-order valence-corrected chi connectivity index (χ2v) is 6.30. The summed E-state index contributed by atoms with van der Waals surface area (Å²) < 4.78 is 0.906. The van der Waals surface area contributed by atoms with E-state index in [0.29, 0.717) is 11.4 Å². The van der Waals surface area contributed by atoms with Gasteiger partial charge in [0, 0.05) is 27.7 Å². The van der Waals surface area contributed by atoms with Gasteiger partial charge in [0.1, 0.15) is 5.69 Å². The SMILES string of the molecule is Cc1cccc(Nc2ccnc(C(=O)Nc3cccc(Br)c3)c2)c1. The third-order valence-electron chi connectivity index (χ3n) is 3.38. The number of anilines is 3. The quantitative estimate of drug-likeness (QED) is 0.656. The molecule has 1 aromatic heterocycles. The number of aryl methyl sites for hydroxylation is 1. The molecule has 0 fully saturated rings. The Balaban J connectivity index is 1.76. The van der Waals surface area contributed by atoms with E-state index in [1.54, 1.807) is 12.3 Å². The van der Waals surface area contributed by atoms with Gasteiger partial charge in [-0.2, -0.15) is 0 Å². The zero-order valence-electron chi connectivity index (χ0n) is 13.1. The Hall–Kier alpha value is -2.66. The van der Waals surface area contributed by atoms with Crippen molar-refractivity contribution in [3.05, 3.63) is 82.6 Å². The molecule has 2 aromatic carbocycles. The van der Waals surface area contributed by atoms with Crippen LogP contribution in [0.25, 0.3) is 0 Å². The smallest absolute Gasteiger partial charge is 0.274 e. The molecule has 0 bridgehead atoms. The summed E-state index contributed by atoms with van der Waals surface area (Å²) in [5.74, 6) is -0.249. The molecule has 4 nitrogen and oxygen atoms in total. The Morgan fingerprint density at radius 1 is 0.958 bits per heavy atom. The Morgan fingerprint density at radius 2 is 1.71 bits per heavy atom. The van der Waals surface area contributed by atoms with Gasteiger partial charge in [-0.15, -0.1) is 0 Å². The van der Waals surface area contributed by atoms with E-state index in [4.69, 9.17) is 0 Å². The number of benzene rings is 2. The molecule has 0 radical (unpaired) electrons. The average Bonchev–Trinajstić information content (AvgIpc) is 2.55. The van der Waals surface area contributed by atoms with Gasteiger partial charge in [-0.25, -0.2) is 0 Å². The molecule has 0 atom stereocenters. The van der Waals surface area contributed by atoms with E-state index in [9.17, 15) is 4.79 Å². The molecule has 5 heteroatoms. The van der Waals surface area contributed by atoms with Crippen molar-refractivity contribution in [2.75, 3.05) is 10.6 Å². The molecule has 3 aromatic rings. The number of amides is 1. The topological polar surface area (TPSA) is 54.0 Å². The van der Waals surface area contributed by atoms with Crippen LogP contribution in [-0.4, -0.2) is 10.9 Å². The standard InChI is InChI=1S/C19H16BrN3O/c1-13-4-2-6-15(10-13)22-17-8-9-21-18(12-17)19(24)23-16-7-3-5-14(20)11-16/h2-12H,1H3,(H,21,22)(H,23,24). The summed E-state index contributed by atoms with van der Waals surface area (Å²) in [5.41, 5.74) is 4.03. The number of hydrogen-bond donors (Lipinski definition) is 2. The summed E-state index contributed by atoms with van der Waals surface area (Å²) in [6, 6.07) is 19.0. The Labute approximate surface area is 149 Å². The highest BCUT2D eigenvalue weighted by molar-refractivity contribution is 9.10. The normalized spacial score (nSPS) is 10.2. The minimum Gasteiger partial charge on any atom is -0.355 e. The Kier molecular flexibility index (Phi) is 4.91. The van der Waals surface area contributed by atoms with Crippen LogP contribution < -0.4 is 10.6 Å². The van der Waals surface area contributed by atoms with Crippen molar-refractivity contribution in [3.63, 3.8) is 0 Å². The molecule has 0 aliphatic carbocycles. The fourth-order valence-electron chi connectivity index (χ4n) is 2.28. The molecule has 0 unspecified atom stereocenters. The van der Waals surface area contributed by atoms with Crippen LogP contribution in [-0.2, 0) is 0 Å². The van der Waals surface area contributed by atoms with Gasteiger partial charge in [0.2, 0.25) is 0 Å². The molecule has 0 aliphatic rings. The third-order valence-corrected chi connectivity index (χ3v) is 3.88. The molecule has 0 aliphatic heterocycles. The summed E-state index contributed by atoms with van der Waals surface area (Å²) in [6.45, 7) is 2.04.